The Hall–Kier alpha value is -2.96. The second-order valence-corrected chi connectivity index (χ2v) is 6.44. The summed E-state index contributed by atoms with van der Waals surface area (Å²) in [6.45, 7) is 0.691. The Kier molecular flexibility index (Phi) is 4.77. The third-order valence-electron chi connectivity index (χ3n) is 4.66. The molecular formula is C19H20N4O3. The molecule has 0 bridgehead atoms. The normalized spacial score (nSPS) is 17.8. The Balaban J connectivity index is 1.57. The Morgan fingerprint density at radius 2 is 2.00 bits per heavy atom. The first-order valence-corrected chi connectivity index (χ1v) is 8.89. The molecule has 4 rings (SSSR count). The number of amides is 1. The van der Waals surface area contributed by atoms with Crippen LogP contribution in [0.1, 0.15) is 43.2 Å². The number of hydrogen-bond donors (Lipinski definition) is 0. The molecule has 1 aromatic carbocycles. The highest BCUT2D eigenvalue weighted by atomic mass is 16.5. The van der Waals surface area contributed by atoms with Gasteiger partial charge in [-0.05, 0) is 25.0 Å². The lowest BCUT2D eigenvalue weighted by Crippen LogP contribution is -2.36. The van der Waals surface area contributed by atoms with E-state index >= 15 is 0 Å². The van der Waals surface area contributed by atoms with Crippen molar-refractivity contribution in [2.45, 2.75) is 38.1 Å². The van der Waals surface area contributed by atoms with E-state index in [0.29, 0.717) is 24.0 Å². The van der Waals surface area contributed by atoms with E-state index in [1.54, 1.807) is 6.07 Å². The maximum Gasteiger partial charge on any atom is 0.257 e. The van der Waals surface area contributed by atoms with Crippen LogP contribution in [0.3, 0.4) is 0 Å². The summed E-state index contributed by atoms with van der Waals surface area (Å²) in [4.78, 5) is 19.3. The van der Waals surface area contributed by atoms with Gasteiger partial charge in [0.05, 0.1) is 18.2 Å². The van der Waals surface area contributed by atoms with Crippen LogP contribution in [0.2, 0.25) is 0 Å². The van der Waals surface area contributed by atoms with Gasteiger partial charge in [-0.1, -0.05) is 41.4 Å². The number of aromatic nitrogens is 3. The fourth-order valence-corrected chi connectivity index (χ4v) is 3.33. The molecule has 134 valence electrons. The third-order valence-corrected chi connectivity index (χ3v) is 4.66. The van der Waals surface area contributed by atoms with Crippen molar-refractivity contribution in [1.29, 1.82) is 0 Å². The predicted octanol–water partition coefficient (Wildman–Crippen LogP) is 3.41. The van der Waals surface area contributed by atoms with E-state index in [-0.39, 0.29) is 18.4 Å². The maximum absolute atomic E-state index is 12.8. The standard InChI is InChI=1S/C19H20N4O3/c24-17(13-15-10-12-25-21-15)23-11-6-2-5-9-16(23)18-20-19(26-22-18)14-7-3-1-4-8-14/h1,3-4,7-8,10,12,16H,2,5-6,9,11,13H2/t16-/m1/s1. The quantitative estimate of drug-likeness (QED) is 0.715. The number of carbonyl (C=O) groups excluding carboxylic acids is 1. The van der Waals surface area contributed by atoms with Gasteiger partial charge in [0, 0.05) is 18.2 Å². The summed E-state index contributed by atoms with van der Waals surface area (Å²) >= 11 is 0. The molecule has 1 aliphatic heterocycles. The van der Waals surface area contributed by atoms with Crippen molar-refractivity contribution in [2.24, 2.45) is 0 Å². The van der Waals surface area contributed by atoms with E-state index in [9.17, 15) is 4.79 Å². The molecule has 0 aliphatic carbocycles. The Morgan fingerprint density at radius 3 is 2.81 bits per heavy atom. The molecule has 3 heterocycles. The summed E-state index contributed by atoms with van der Waals surface area (Å²) in [5, 5.41) is 8.02. The van der Waals surface area contributed by atoms with Gasteiger partial charge in [0.1, 0.15) is 6.26 Å². The van der Waals surface area contributed by atoms with E-state index in [2.05, 4.69) is 15.3 Å². The van der Waals surface area contributed by atoms with Crippen LogP contribution in [0, 0.1) is 0 Å². The van der Waals surface area contributed by atoms with Crippen molar-refractivity contribution in [2.75, 3.05) is 6.54 Å². The zero-order valence-corrected chi connectivity index (χ0v) is 14.4. The van der Waals surface area contributed by atoms with E-state index in [4.69, 9.17) is 9.05 Å². The van der Waals surface area contributed by atoms with Crippen LogP contribution >= 0.6 is 0 Å². The highest BCUT2D eigenvalue weighted by molar-refractivity contribution is 5.78. The first-order valence-electron chi connectivity index (χ1n) is 8.89. The average Bonchev–Trinajstić information content (AvgIpc) is 3.30. The second-order valence-electron chi connectivity index (χ2n) is 6.44. The minimum absolute atomic E-state index is 0.0110. The van der Waals surface area contributed by atoms with Crippen LogP contribution in [-0.4, -0.2) is 32.6 Å². The number of hydrogen-bond acceptors (Lipinski definition) is 6. The summed E-state index contributed by atoms with van der Waals surface area (Å²) in [6, 6.07) is 11.2. The summed E-state index contributed by atoms with van der Waals surface area (Å²) in [5.41, 5.74) is 1.51. The monoisotopic (exact) mass is 352 g/mol. The second kappa shape index (κ2) is 7.51. The topological polar surface area (TPSA) is 85.3 Å². The molecule has 0 radical (unpaired) electrons. The molecule has 1 aliphatic rings. The van der Waals surface area contributed by atoms with Crippen LogP contribution in [0.25, 0.3) is 11.5 Å². The molecule has 1 atom stereocenters. The Bertz CT molecular complexity index is 845. The van der Waals surface area contributed by atoms with Gasteiger partial charge in [-0.15, -0.1) is 0 Å². The van der Waals surface area contributed by atoms with Crippen LogP contribution in [-0.2, 0) is 11.2 Å². The maximum atomic E-state index is 12.8. The smallest absolute Gasteiger partial charge is 0.257 e. The fourth-order valence-electron chi connectivity index (χ4n) is 3.33. The highest BCUT2D eigenvalue weighted by Crippen LogP contribution is 2.30. The SMILES string of the molecule is O=C(Cc1ccon1)N1CCCCC[C@@H]1c1noc(-c2ccccc2)n1. The zero-order chi connectivity index (χ0) is 17.8. The number of carbonyl (C=O) groups is 1. The van der Waals surface area contributed by atoms with Gasteiger partial charge in [0.15, 0.2) is 5.82 Å². The zero-order valence-electron chi connectivity index (χ0n) is 14.4. The van der Waals surface area contributed by atoms with Crippen molar-refractivity contribution in [3.63, 3.8) is 0 Å². The van der Waals surface area contributed by atoms with Crippen LogP contribution in [0.4, 0.5) is 0 Å². The fraction of sp³-hybridized carbons (Fsp3) is 0.368. The predicted molar refractivity (Wildman–Crippen MR) is 92.9 cm³/mol. The van der Waals surface area contributed by atoms with Gasteiger partial charge in [0.2, 0.25) is 5.91 Å². The summed E-state index contributed by atoms with van der Waals surface area (Å²) in [6.07, 6.45) is 5.63. The summed E-state index contributed by atoms with van der Waals surface area (Å²) in [5.74, 6) is 1.06. The van der Waals surface area contributed by atoms with E-state index in [1.807, 2.05) is 35.2 Å². The Labute approximate surface area is 151 Å². The van der Waals surface area contributed by atoms with Gasteiger partial charge < -0.3 is 13.9 Å². The molecule has 1 amide bonds. The lowest BCUT2D eigenvalue weighted by molar-refractivity contribution is -0.133. The molecule has 0 saturated carbocycles. The van der Waals surface area contributed by atoms with Gasteiger partial charge >= 0.3 is 0 Å². The molecule has 3 aromatic rings. The third kappa shape index (κ3) is 3.51. The molecular weight excluding hydrogens is 332 g/mol. The van der Waals surface area contributed by atoms with Crippen molar-refractivity contribution in [3.8, 4) is 11.5 Å². The lowest BCUT2D eigenvalue weighted by Gasteiger charge is -2.27. The van der Waals surface area contributed by atoms with Crippen molar-refractivity contribution in [1.82, 2.24) is 20.2 Å². The van der Waals surface area contributed by atoms with Gasteiger partial charge in [-0.25, -0.2) is 0 Å². The molecule has 1 fully saturated rings. The minimum atomic E-state index is -0.168. The van der Waals surface area contributed by atoms with Crippen LogP contribution in [0.5, 0.6) is 0 Å². The summed E-state index contributed by atoms with van der Waals surface area (Å²) < 4.78 is 10.3. The first kappa shape index (κ1) is 16.5. The average molecular weight is 352 g/mol. The first-order chi connectivity index (χ1) is 12.8. The molecule has 7 heteroatoms. The molecule has 0 unspecified atom stereocenters. The van der Waals surface area contributed by atoms with Gasteiger partial charge in [-0.2, -0.15) is 4.98 Å². The van der Waals surface area contributed by atoms with E-state index in [0.717, 1.165) is 31.2 Å². The number of nitrogens with zero attached hydrogens (tertiary/aromatic N) is 4. The number of rotatable bonds is 4. The Morgan fingerprint density at radius 1 is 1.12 bits per heavy atom. The van der Waals surface area contributed by atoms with E-state index < -0.39 is 0 Å². The van der Waals surface area contributed by atoms with Crippen LogP contribution < -0.4 is 0 Å². The van der Waals surface area contributed by atoms with Crippen molar-refractivity contribution < 1.29 is 13.8 Å². The molecule has 0 N–H and O–H groups in total. The van der Waals surface area contributed by atoms with Crippen molar-refractivity contribution >= 4 is 5.91 Å². The van der Waals surface area contributed by atoms with E-state index in [1.165, 1.54) is 6.26 Å². The number of likely N-dealkylation sites (tertiary alicyclic amines) is 1. The van der Waals surface area contributed by atoms with Crippen LogP contribution in [0.15, 0.2) is 51.7 Å². The molecule has 26 heavy (non-hydrogen) atoms. The molecule has 0 spiro atoms. The number of benzene rings is 1. The minimum Gasteiger partial charge on any atom is -0.364 e. The summed E-state index contributed by atoms with van der Waals surface area (Å²) in [7, 11) is 0. The van der Waals surface area contributed by atoms with Crippen molar-refractivity contribution in [3.05, 3.63) is 54.2 Å². The largest absolute Gasteiger partial charge is 0.364 e. The molecule has 7 nitrogen and oxygen atoms in total. The molecule has 1 saturated heterocycles. The van der Waals surface area contributed by atoms with Gasteiger partial charge in [-0.3, -0.25) is 4.79 Å². The lowest BCUT2D eigenvalue weighted by atomic mass is 10.1. The molecule has 2 aromatic heterocycles. The van der Waals surface area contributed by atoms with Gasteiger partial charge in [0.25, 0.3) is 5.89 Å². The highest BCUT2D eigenvalue weighted by Gasteiger charge is 2.30.